The summed E-state index contributed by atoms with van der Waals surface area (Å²) in [6.45, 7) is 3.93. The third-order valence-corrected chi connectivity index (χ3v) is 3.66. The predicted molar refractivity (Wildman–Crippen MR) is 63.6 cm³/mol. The van der Waals surface area contributed by atoms with Gasteiger partial charge in [0, 0.05) is 0 Å². The lowest BCUT2D eigenvalue weighted by molar-refractivity contribution is -0.161. The molecule has 5 heteroatoms. The number of carbonyl (C=O) groups excluding carboxylic acids is 3. The van der Waals surface area contributed by atoms with Gasteiger partial charge in [-0.25, -0.2) is 0 Å². The van der Waals surface area contributed by atoms with Gasteiger partial charge < -0.3 is 9.47 Å². The summed E-state index contributed by atoms with van der Waals surface area (Å²) < 4.78 is 9.30. The maximum Gasteiger partial charge on any atom is 0.316 e. The normalized spacial score (nSPS) is 28.1. The average molecular weight is 256 g/mol. The van der Waals surface area contributed by atoms with Crippen LogP contribution in [-0.4, -0.2) is 31.9 Å². The number of carbonyl (C=O) groups is 3. The van der Waals surface area contributed by atoms with Gasteiger partial charge in [0.15, 0.2) is 5.78 Å². The number of ketones is 1. The van der Waals surface area contributed by atoms with Crippen LogP contribution in [0.4, 0.5) is 0 Å². The van der Waals surface area contributed by atoms with E-state index in [1.165, 1.54) is 14.2 Å². The Hall–Kier alpha value is -1.39. The van der Waals surface area contributed by atoms with E-state index in [1.807, 2.05) is 13.8 Å². The molecule has 0 radical (unpaired) electrons. The summed E-state index contributed by atoms with van der Waals surface area (Å²) in [6, 6.07) is 0. The average Bonchev–Trinajstić information content (AvgIpc) is 2.36. The molecule has 0 unspecified atom stereocenters. The van der Waals surface area contributed by atoms with Crippen molar-refractivity contribution in [3.05, 3.63) is 0 Å². The fourth-order valence-corrected chi connectivity index (χ4v) is 2.61. The van der Waals surface area contributed by atoms with Crippen molar-refractivity contribution in [3.8, 4) is 0 Å². The highest BCUT2D eigenvalue weighted by atomic mass is 16.5. The summed E-state index contributed by atoms with van der Waals surface area (Å²) in [7, 11) is 2.51. The van der Waals surface area contributed by atoms with Crippen LogP contribution >= 0.6 is 0 Å². The van der Waals surface area contributed by atoms with Gasteiger partial charge in [0.25, 0.3) is 0 Å². The SMILES string of the molecule is COC(=O)[C@H]1CC[C@H](C(C)C)[C@H](C(=O)OC)C1=O. The monoisotopic (exact) mass is 256 g/mol. The van der Waals surface area contributed by atoms with Gasteiger partial charge >= 0.3 is 11.9 Å². The first-order valence-corrected chi connectivity index (χ1v) is 6.13. The van der Waals surface area contributed by atoms with Gasteiger partial charge in [-0.3, -0.25) is 14.4 Å². The molecule has 0 spiro atoms. The van der Waals surface area contributed by atoms with E-state index in [9.17, 15) is 14.4 Å². The van der Waals surface area contributed by atoms with Crippen molar-refractivity contribution in [2.45, 2.75) is 26.7 Å². The lowest BCUT2D eigenvalue weighted by Gasteiger charge is -2.34. The van der Waals surface area contributed by atoms with E-state index in [0.717, 1.165) is 0 Å². The Labute approximate surface area is 107 Å². The second-order valence-electron chi connectivity index (χ2n) is 4.96. The molecular weight excluding hydrogens is 236 g/mol. The van der Waals surface area contributed by atoms with Crippen molar-refractivity contribution in [2.75, 3.05) is 14.2 Å². The second-order valence-corrected chi connectivity index (χ2v) is 4.96. The van der Waals surface area contributed by atoms with Crippen LogP contribution in [0.1, 0.15) is 26.7 Å². The first kappa shape index (κ1) is 14.7. The summed E-state index contributed by atoms with van der Waals surface area (Å²) >= 11 is 0. The molecule has 5 nitrogen and oxygen atoms in total. The van der Waals surface area contributed by atoms with E-state index < -0.39 is 23.8 Å². The molecule has 0 aliphatic heterocycles. The topological polar surface area (TPSA) is 69.7 Å². The van der Waals surface area contributed by atoms with Crippen molar-refractivity contribution < 1.29 is 23.9 Å². The van der Waals surface area contributed by atoms with Gasteiger partial charge in [0.1, 0.15) is 11.8 Å². The van der Waals surface area contributed by atoms with Crippen LogP contribution in [0.2, 0.25) is 0 Å². The Kier molecular flexibility index (Phi) is 4.87. The molecule has 0 aromatic carbocycles. The maximum atomic E-state index is 12.2. The summed E-state index contributed by atoms with van der Waals surface area (Å²) in [5.74, 6) is -3.01. The summed E-state index contributed by atoms with van der Waals surface area (Å²) in [6.07, 6.45) is 1.10. The molecule has 0 saturated heterocycles. The Balaban J connectivity index is 2.98. The van der Waals surface area contributed by atoms with E-state index in [4.69, 9.17) is 4.74 Å². The third-order valence-electron chi connectivity index (χ3n) is 3.66. The summed E-state index contributed by atoms with van der Waals surface area (Å²) in [4.78, 5) is 35.5. The van der Waals surface area contributed by atoms with Crippen molar-refractivity contribution in [1.29, 1.82) is 0 Å². The first-order valence-electron chi connectivity index (χ1n) is 6.13. The predicted octanol–water partition coefficient (Wildman–Crippen LogP) is 1.20. The molecule has 18 heavy (non-hydrogen) atoms. The van der Waals surface area contributed by atoms with Crippen LogP contribution in [-0.2, 0) is 23.9 Å². The number of hydrogen-bond acceptors (Lipinski definition) is 5. The zero-order chi connectivity index (χ0) is 13.9. The highest BCUT2D eigenvalue weighted by molar-refractivity contribution is 6.09. The van der Waals surface area contributed by atoms with Crippen LogP contribution < -0.4 is 0 Å². The van der Waals surface area contributed by atoms with Crippen molar-refractivity contribution >= 4 is 17.7 Å². The number of Topliss-reactive ketones (excluding diaryl/α,β-unsaturated/α-hetero) is 1. The van der Waals surface area contributed by atoms with E-state index >= 15 is 0 Å². The molecule has 0 heterocycles. The van der Waals surface area contributed by atoms with Crippen molar-refractivity contribution in [2.24, 2.45) is 23.7 Å². The highest BCUT2D eigenvalue weighted by Gasteiger charge is 2.47. The van der Waals surface area contributed by atoms with Gasteiger partial charge in [-0.2, -0.15) is 0 Å². The van der Waals surface area contributed by atoms with Crippen molar-refractivity contribution in [1.82, 2.24) is 0 Å². The van der Waals surface area contributed by atoms with Gasteiger partial charge in [-0.1, -0.05) is 13.8 Å². The highest BCUT2D eigenvalue weighted by Crippen LogP contribution is 2.36. The zero-order valence-corrected chi connectivity index (χ0v) is 11.3. The van der Waals surface area contributed by atoms with Crippen LogP contribution in [0.15, 0.2) is 0 Å². The largest absolute Gasteiger partial charge is 0.468 e. The molecule has 102 valence electrons. The molecule has 0 aromatic rings. The van der Waals surface area contributed by atoms with Crippen LogP contribution in [0.5, 0.6) is 0 Å². The molecule has 1 fully saturated rings. The number of hydrogen-bond donors (Lipinski definition) is 0. The molecule has 3 atom stereocenters. The summed E-state index contributed by atoms with van der Waals surface area (Å²) in [5.41, 5.74) is 0. The number of rotatable bonds is 3. The van der Waals surface area contributed by atoms with Gasteiger partial charge in [-0.05, 0) is 24.7 Å². The fraction of sp³-hybridized carbons (Fsp3) is 0.769. The molecule has 0 amide bonds. The minimum atomic E-state index is -0.840. The number of esters is 2. The van der Waals surface area contributed by atoms with Crippen LogP contribution in [0.3, 0.4) is 0 Å². The molecule has 1 aliphatic carbocycles. The molecule has 1 saturated carbocycles. The van der Waals surface area contributed by atoms with Gasteiger partial charge in [0.2, 0.25) is 0 Å². The number of ether oxygens (including phenoxy) is 2. The van der Waals surface area contributed by atoms with Crippen LogP contribution in [0, 0.1) is 23.7 Å². The Bertz CT molecular complexity index is 347. The first-order chi connectivity index (χ1) is 8.43. The van der Waals surface area contributed by atoms with E-state index in [2.05, 4.69) is 4.74 Å². The number of methoxy groups -OCH3 is 2. The van der Waals surface area contributed by atoms with E-state index in [0.29, 0.717) is 12.8 Å². The van der Waals surface area contributed by atoms with Crippen molar-refractivity contribution in [3.63, 3.8) is 0 Å². The molecular formula is C13H20O5. The van der Waals surface area contributed by atoms with Gasteiger partial charge in [0.05, 0.1) is 14.2 Å². The maximum absolute atomic E-state index is 12.2. The van der Waals surface area contributed by atoms with Crippen LogP contribution in [0.25, 0.3) is 0 Å². The van der Waals surface area contributed by atoms with E-state index in [1.54, 1.807) is 0 Å². The quantitative estimate of drug-likeness (QED) is 0.560. The van der Waals surface area contributed by atoms with Gasteiger partial charge in [-0.15, -0.1) is 0 Å². The third kappa shape index (κ3) is 2.71. The van der Waals surface area contributed by atoms with E-state index in [-0.39, 0.29) is 17.6 Å². The fourth-order valence-electron chi connectivity index (χ4n) is 2.61. The molecule has 0 bridgehead atoms. The molecule has 0 aromatic heterocycles. The lowest BCUT2D eigenvalue weighted by Crippen LogP contribution is -2.45. The Morgan fingerprint density at radius 3 is 2.11 bits per heavy atom. The smallest absolute Gasteiger partial charge is 0.316 e. The minimum absolute atomic E-state index is 0.0640. The Morgan fingerprint density at radius 1 is 1.11 bits per heavy atom. The standard InChI is InChI=1S/C13H20O5/c1-7(2)8-5-6-9(12(15)17-3)11(14)10(8)13(16)18-4/h7-10H,5-6H2,1-4H3/t8-,9+,10+/m1/s1. The lowest BCUT2D eigenvalue weighted by atomic mass is 9.69. The molecule has 1 rings (SSSR count). The minimum Gasteiger partial charge on any atom is -0.468 e. The molecule has 1 aliphatic rings. The zero-order valence-electron chi connectivity index (χ0n) is 11.3. The summed E-state index contributed by atoms with van der Waals surface area (Å²) in [5, 5.41) is 0. The Morgan fingerprint density at radius 2 is 1.67 bits per heavy atom. The molecule has 0 N–H and O–H groups in total. The second kappa shape index (κ2) is 5.98.